The third-order valence-electron chi connectivity index (χ3n) is 4.42. The van der Waals surface area contributed by atoms with Crippen LogP contribution in [-0.4, -0.2) is 39.9 Å². The first-order valence-corrected chi connectivity index (χ1v) is 8.21. The molecule has 8 nitrogen and oxygen atoms in total. The molecule has 1 saturated heterocycles. The van der Waals surface area contributed by atoms with Gasteiger partial charge in [-0.3, -0.25) is 19.1 Å². The number of hydrogen-bond donors (Lipinski definition) is 2. The summed E-state index contributed by atoms with van der Waals surface area (Å²) in [6.07, 6.45) is 0.575. The highest BCUT2D eigenvalue weighted by atomic mass is 16.5. The molecular weight excluding hydrogens is 324 g/mol. The van der Waals surface area contributed by atoms with E-state index in [1.807, 2.05) is 37.3 Å². The average Bonchev–Trinajstić information content (AvgIpc) is 3.20. The molecule has 1 aromatic heterocycles. The van der Waals surface area contributed by atoms with E-state index >= 15 is 0 Å². The zero-order valence-electron chi connectivity index (χ0n) is 13.9. The van der Waals surface area contributed by atoms with E-state index in [9.17, 15) is 14.4 Å². The number of aromatic nitrogens is 2. The molecule has 0 aliphatic carbocycles. The number of hydrogen-bond acceptors (Lipinski definition) is 5. The summed E-state index contributed by atoms with van der Waals surface area (Å²) in [4.78, 5) is 39.6. The van der Waals surface area contributed by atoms with Crippen LogP contribution in [0.5, 0.6) is 0 Å². The van der Waals surface area contributed by atoms with Gasteiger partial charge in [-0.05, 0) is 12.5 Å². The number of carbonyl (C=O) groups is 2. The lowest BCUT2D eigenvalue weighted by molar-refractivity contribution is -0.130. The van der Waals surface area contributed by atoms with Gasteiger partial charge in [-0.2, -0.15) is 0 Å². The normalized spacial score (nSPS) is 18.4. The van der Waals surface area contributed by atoms with Gasteiger partial charge in [-0.15, -0.1) is 0 Å². The summed E-state index contributed by atoms with van der Waals surface area (Å²) in [7, 11) is 0. The summed E-state index contributed by atoms with van der Waals surface area (Å²) in [6.45, 7) is 2.69. The number of nitrogens with zero attached hydrogens (tertiary/aromatic N) is 2. The quantitative estimate of drug-likeness (QED) is 0.799. The van der Waals surface area contributed by atoms with Crippen LogP contribution in [0.2, 0.25) is 0 Å². The summed E-state index contributed by atoms with van der Waals surface area (Å²) in [5.74, 6) is -0.783. The second-order valence-electron chi connectivity index (χ2n) is 6.12. The highest BCUT2D eigenvalue weighted by molar-refractivity contribution is 5.89. The Balaban J connectivity index is 1.52. The summed E-state index contributed by atoms with van der Waals surface area (Å²) in [6, 6.07) is 9.69. The third-order valence-corrected chi connectivity index (χ3v) is 4.42. The largest absolute Gasteiger partial charge is 0.438 e. The maximum absolute atomic E-state index is 12.3. The first-order chi connectivity index (χ1) is 12.0. The van der Waals surface area contributed by atoms with E-state index < -0.39 is 5.76 Å². The Labute approximate surface area is 144 Å². The lowest BCUT2D eigenvalue weighted by atomic mass is 10.1. The van der Waals surface area contributed by atoms with E-state index in [4.69, 9.17) is 0 Å². The molecule has 0 bridgehead atoms. The lowest BCUT2D eigenvalue weighted by Crippen LogP contribution is -2.34. The lowest BCUT2D eigenvalue weighted by Gasteiger charge is -2.25. The minimum atomic E-state index is -0.617. The predicted molar refractivity (Wildman–Crippen MR) is 88.5 cm³/mol. The third kappa shape index (κ3) is 3.96. The topological polar surface area (TPSA) is 108 Å². The Morgan fingerprint density at radius 2 is 2.16 bits per heavy atom. The Morgan fingerprint density at radius 3 is 2.84 bits per heavy atom. The fourth-order valence-corrected chi connectivity index (χ4v) is 3.01. The van der Waals surface area contributed by atoms with E-state index in [0.717, 1.165) is 5.56 Å². The molecule has 1 aliphatic heterocycles. The van der Waals surface area contributed by atoms with Crippen molar-refractivity contribution in [1.82, 2.24) is 20.4 Å². The molecule has 25 heavy (non-hydrogen) atoms. The molecule has 0 saturated carbocycles. The molecule has 2 N–H and O–H groups in total. The molecule has 8 heteroatoms. The average molecular weight is 344 g/mol. The molecular formula is C17H20N4O4. The van der Waals surface area contributed by atoms with Gasteiger partial charge in [0.15, 0.2) is 5.82 Å². The predicted octanol–water partition coefficient (Wildman–Crippen LogP) is 0.631. The van der Waals surface area contributed by atoms with Crippen molar-refractivity contribution in [1.29, 1.82) is 0 Å². The number of amides is 2. The van der Waals surface area contributed by atoms with Crippen molar-refractivity contribution in [3.63, 3.8) is 0 Å². The van der Waals surface area contributed by atoms with Gasteiger partial charge >= 0.3 is 5.76 Å². The van der Waals surface area contributed by atoms with Crippen molar-refractivity contribution < 1.29 is 14.1 Å². The van der Waals surface area contributed by atoms with Crippen molar-refractivity contribution in [2.75, 3.05) is 13.1 Å². The minimum absolute atomic E-state index is 0.0164. The Kier molecular flexibility index (Phi) is 4.97. The van der Waals surface area contributed by atoms with Crippen LogP contribution < -0.4 is 11.1 Å². The van der Waals surface area contributed by atoms with Crippen LogP contribution in [0.4, 0.5) is 0 Å². The van der Waals surface area contributed by atoms with Gasteiger partial charge in [0, 0.05) is 25.9 Å². The molecule has 0 radical (unpaired) electrons. The van der Waals surface area contributed by atoms with Crippen molar-refractivity contribution in [3.8, 4) is 0 Å². The zero-order chi connectivity index (χ0) is 17.8. The van der Waals surface area contributed by atoms with Crippen LogP contribution in [0.1, 0.15) is 30.8 Å². The molecule has 0 unspecified atom stereocenters. The molecule has 0 spiro atoms. The smallest absolute Gasteiger partial charge is 0.355 e. The zero-order valence-corrected chi connectivity index (χ0v) is 13.9. The summed E-state index contributed by atoms with van der Waals surface area (Å²) in [5, 5.41) is 6.31. The second kappa shape index (κ2) is 7.33. The highest BCUT2D eigenvalue weighted by Crippen LogP contribution is 2.28. The number of likely N-dealkylation sites (tertiary alicyclic amines) is 1. The fraction of sp³-hybridized carbons (Fsp3) is 0.412. The van der Waals surface area contributed by atoms with Crippen molar-refractivity contribution in [2.24, 2.45) is 5.92 Å². The minimum Gasteiger partial charge on any atom is -0.355 e. The summed E-state index contributed by atoms with van der Waals surface area (Å²) >= 11 is 0. The molecule has 3 rings (SSSR count). The Bertz CT molecular complexity index is 798. The van der Waals surface area contributed by atoms with Crippen LogP contribution in [0, 0.1) is 5.92 Å². The highest BCUT2D eigenvalue weighted by Gasteiger charge is 2.36. The number of H-pyrrole nitrogens is 1. The van der Waals surface area contributed by atoms with Gasteiger partial charge in [-0.25, -0.2) is 4.79 Å². The van der Waals surface area contributed by atoms with Gasteiger partial charge < -0.3 is 10.2 Å². The first-order valence-electron chi connectivity index (χ1n) is 8.21. The molecule has 1 aromatic carbocycles. The molecule has 2 atom stereocenters. The Hall–Kier alpha value is -2.90. The second-order valence-corrected chi connectivity index (χ2v) is 6.12. The number of carbonyl (C=O) groups excluding carboxylic acids is 2. The van der Waals surface area contributed by atoms with Crippen LogP contribution in [0.25, 0.3) is 0 Å². The summed E-state index contributed by atoms with van der Waals surface area (Å²) in [5.41, 5.74) is 1.05. The van der Waals surface area contributed by atoms with Gasteiger partial charge in [0.25, 0.3) is 0 Å². The molecule has 2 heterocycles. The van der Waals surface area contributed by atoms with E-state index in [-0.39, 0.29) is 30.2 Å². The molecule has 1 aliphatic rings. The van der Waals surface area contributed by atoms with Crippen LogP contribution in [0.15, 0.2) is 39.6 Å². The van der Waals surface area contributed by atoms with Gasteiger partial charge in [0.05, 0.1) is 12.0 Å². The van der Waals surface area contributed by atoms with Crippen molar-refractivity contribution >= 4 is 11.8 Å². The molecule has 132 valence electrons. The number of benzene rings is 1. The van der Waals surface area contributed by atoms with Crippen LogP contribution >= 0.6 is 0 Å². The standard InChI is InChI=1S/C17H20N4O4/c1-11(12-5-3-2-4-6-12)21-10-13(9-15(21)22)16(23)18-8-7-14-19-17(24)25-20-14/h2-6,11,13H,7-10H2,1H3,(H,18,23)(H,19,20,24)/t11-,13+/m1/s1. The van der Waals surface area contributed by atoms with Crippen LogP contribution in [-0.2, 0) is 16.0 Å². The fourth-order valence-electron chi connectivity index (χ4n) is 3.01. The maximum Gasteiger partial charge on any atom is 0.438 e. The van der Waals surface area contributed by atoms with Crippen LogP contribution in [0.3, 0.4) is 0 Å². The van der Waals surface area contributed by atoms with Gasteiger partial charge in [0.2, 0.25) is 11.8 Å². The number of nitrogens with one attached hydrogen (secondary N) is 2. The number of aromatic amines is 1. The molecule has 1 fully saturated rings. The molecule has 2 aromatic rings. The maximum atomic E-state index is 12.3. The van der Waals surface area contributed by atoms with E-state index in [2.05, 4.69) is 20.0 Å². The van der Waals surface area contributed by atoms with Crippen molar-refractivity contribution in [2.45, 2.75) is 25.8 Å². The Morgan fingerprint density at radius 1 is 1.40 bits per heavy atom. The monoisotopic (exact) mass is 344 g/mol. The first kappa shape index (κ1) is 16.9. The SMILES string of the molecule is C[C@H](c1ccccc1)N1C[C@@H](C(=O)NCCc2noc(=O)[nH]2)CC1=O. The van der Waals surface area contributed by atoms with E-state index in [1.54, 1.807) is 4.90 Å². The molecule has 2 amide bonds. The van der Waals surface area contributed by atoms with Crippen molar-refractivity contribution in [3.05, 3.63) is 52.3 Å². The van der Waals surface area contributed by atoms with E-state index in [0.29, 0.717) is 25.3 Å². The van der Waals surface area contributed by atoms with Gasteiger partial charge in [-0.1, -0.05) is 35.5 Å². The number of rotatable bonds is 6. The summed E-state index contributed by atoms with van der Waals surface area (Å²) < 4.78 is 4.39. The van der Waals surface area contributed by atoms with E-state index in [1.165, 1.54) is 0 Å². The van der Waals surface area contributed by atoms with Gasteiger partial charge in [0.1, 0.15) is 0 Å².